The van der Waals surface area contributed by atoms with Crippen LogP contribution in [0.3, 0.4) is 0 Å². The Morgan fingerprint density at radius 2 is 2.00 bits per heavy atom. The van der Waals surface area contributed by atoms with Gasteiger partial charge in [-0.3, -0.25) is 0 Å². The first-order valence-electron chi connectivity index (χ1n) is 6.73. The van der Waals surface area contributed by atoms with E-state index >= 15 is 0 Å². The highest BCUT2D eigenvalue weighted by atomic mass is 79.9. The first-order chi connectivity index (χ1) is 11.5. The van der Waals surface area contributed by atoms with Gasteiger partial charge in [0, 0.05) is 10.0 Å². The SMILES string of the molecule is O=C(OCc1nc(-c2ccc(Br)cc2)no1)c1ccc(F)c(Cl)c1. The molecule has 1 heterocycles. The molecule has 122 valence electrons. The van der Waals surface area contributed by atoms with Gasteiger partial charge in [0.1, 0.15) is 5.82 Å². The van der Waals surface area contributed by atoms with E-state index in [1.807, 2.05) is 24.3 Å². The number of hydrogen-bond donors (Lipinski definition) is 0. The van der Waals surface area contributed by atoms with Crippen LogP contribution in [0.5, 0.6) is 0 Å². The maximum absolute atomic E-state index is 13.1. The Morgan fingerprint density at radius 1 is 1.25 bits per heavy atom. The fraction of sp³-hybridized carbons (Fsp3) is 0.0625. The monoisotopic (exact) mass is 410 g/mol. The number of benzene rings is 2. The van der Waals surface area contributed by atoms with Crippen LogP contribution in [-0.2, 0) is 11.3 Å². The zero-order chi connectivity index (χ0) is 17.1. The second kappa shape index (κ2) is 7.11. The van der Waals surface area contributed by atoms with Gasteiger partial charge in [-0.25, -0.2) is 9.18 Å². The van der Waals surface area contributed by atoms with Crippen molar-refractivity contribution in [2.24, 2.45) is 0 Å². The van der Waals surface area contributed by atoms with Crippen molar-refractivity contribution in [2.75, 3.05) is 0 Å². The van der Waals surface area contributed by atoms with Crippen LogP contribution >= 0.6 is 27.5 Å². The molecule has 2 aromatic carbocycles. The molecule has 0 aliphatic heterocycles. The average molecular weight is 412 g/mol. The molecule has 5 nitrogen and oxygen atoms in total. The number of nitrogens with zero attached hydrogens (tertiary/aromatic N) is 2. The van der Waals surface area contributed by atoms with E-state index in [1.54, 1.807) is 0 Å². The molecule has 0 amide bonds. The highest BCUT2D eigenvalue weighted by Crippen LogP contribution is 2.20. The number of esters is 1. The van der Waals surface area contributed by atoms with E-state index in [-0.39, 0.29) is 23.1 Å². The smallest absolute Gasteiger partial charge is 0.338 e. The molecule has 3 aromatic rings. The van der Waals surface area contributed by atoms with E-state index in [0.717, 1.165) is 16.1 Å². The van der Waals surface area contributed by atoms with Gasteiger partial charge in [0.05, 0.1) is 10.6 Å². The standard InChI is InChI=1S/C16H9BrClFN2O3/c17-11-4-1-9(2-5-11)15-20-14(24-21-15)8-23-16(22)10-3-6-13(19)12(18)7-10/h1-7H,8H2. The molecule has 0 bridgehead atoms. The van der Waals surface area contributed by atoms with Gasteiger partial charge in [0.15, 0.2) is 6.61 Å². The third kappa shape index (κ3) is 3.80. The van der Waals surface area contributed by atoms with Gasteiger partial charge < -0.3 is 9.26 Å². The number of carbonyl (C=O) groups excluding carboxylic acids is 1. The lowest BCUT2D eigenvalue weighted by molar-refractivity contribution is 0.0430. The molecule has 0 aliphatic carbocycles. The van der Waals surface area contributed by atoms with E-state index in [2.05, 4.69) is 26.1 Å². The van der Waals surface area contributed by atoms with Gasteiger partial charge in [-0.2, -0.15) is 4.98 Å². The summed E-state index contributed by atoms with van der Waals surface area (Å²) in [5.41, 5.74) is 0.902. The first kappa shape index (κ1) is 16.6. The highest BCUT2D eigenvalue weighted by Gasteiger charge is 2.14. The average Bonchev–Trinajstić information content (AvgIpc) is 3.05. The minimum absolute atomic E-state index is 0.133. The van der Waals surface area contributed by atoms with E-state index in [0.29, 0.717) is 5.82 Å². The molecule has 0 saturated heterocycles. The summed E-state index contributed by atoms with van der Waals surface area (Å²) in [6.45, 7) is -0.197. The van der Waals surface area contributed by atoms with Crippen LogP contribution in [0.15, 0.2) is 51.5 Å². The van der Waals surface area contributed by atoms with Crippen LogP contribution < -0.4 is 0 Å². The van der Waals surface area contributed by atoms with Crippen LogP contribution in [0, 0.1) is 5.82 Å². The van der Waals surface area contributed by atoms with Crippen LogP contribution in [0.1, 0.15) is 16.2 Å². The summed E-state index contributed by atoms with van der Waals surface area (Å²) < 4.78 is 24.1. The number of ether oxygens (including phenoxy) is 1. The number of aromatic nitrogens is 2. The molecule has 0 radical (unpaired) electrons. The Kier molecular flexibility index (Phi) is 4.92. The van der Waals surface area contributed by atoms with Crippen molar-refractivity contribution in [3.63, 3.8) is 0 Å². The number of hydrogen-bond acceptors (Lipinski definition) is 5. The molecular weight excluding hydrogens is 403 g/mol. The molecule has 24 heavy (non-hydrogen) atoms. The zero-order valence-corrected chi connectivity index (χ0v) is 14.3. The summed E-state index contributed by atoms with van der Waals surface area (Å²) >= 11 is 8.97. The largest absolute Gasteiger partial charge is 0.452 e. The molecule has 0 saturated carbocycles. The van der Waals surface area contributed by atoms with Gasteiger partial charge in [-0.1, -0.05) is 32.7 Å². The van der Waals surface area contributed by atoms with E-state index in [1.165, 1.54) is 12.1 Å². The normalized spacial score (nSPS) is 10.6. The van der Waals surface area contributed by atoms with Crippen molar-refractivity contribution in [3.8, 4) is 11.4 Å². The minimum Gasteiger partial charge on any atom is -0.452 e. The quantitative estimate of drug-likeness (QED) is 0.585. The molecule has 0 aliphatic rings. The lowest BCUT2D eigenvalue weighted by atomic mass is 10.2. The second-order valence-corrected chi connectivity index (χ2v) is 6.05. The third-order valence-electron chi connectivity index (χ3n) is 3.05. The summed E-state index contributed by atoms with van der Waals surface area (Å²) in [6.07, 6.45) is 0. The molecule has 3 rings (SSSR count). The highest BCUT2D eigenvalue weighted by molar-refractivity contribution is 9.10. The summed E-state index contributed by atoms with van der Waals surface area (Å²) in [5.74, 6) is -0.739. The molecular formula is C16H9BrClFN2O3. The van der Waals surface area contributed by atoms with Crippen molar-refractivity contribution in [1.82, 2.24) is 10.1 Å². The van der Waals surface area contributed by atoms with Crippen LogP contribution in [-0.4, -0.2) is 16.1 Å². The summed E-state index contributed by atoms with van der Waals surface area (Å²) in [6, 6.07) is 10.9. The molecule has 0 unspecified atom stereocenters. The lowest BCUT2D eigenvalue weighted by Crippen LogP contribution is -2.05. The molecule has 0 spiro atoms. The van der Waals surface area contributed by atoms with E-state index < -0.39 is 11.8 Å². The van der Waals surface area contributed by atoms with Crippen LogP contribution in [0.2, 0.25) is 5.02 Å². The van der Waals surface area contributed by atoms with Crippen LogP contribution in [0.4, 0.5) is 4.39 Å². The van der Waals surface area contributed by atoms with Crippen molar-refractivity contribution < 1.29 is 18.4 Å². The molecule has 0 atom stereocenters. The Labute approximate surface area is 149 Å². The summed E-state index contributed by atoms with van der Waals surface area (Å²) in [7, 11) is 0. The first-order valence-corrected chi connectivity index (χ1v) is 7.91. The Hall–Kier alpha value is -2.25. The predicted molar refractivity (Wildman–Crippen MR) is 88.0 cm³/mol. The van der Waals surface area contributed by atoms with Crippen molar-refractivity contribution in [3.05, 3.63) is 69.2 Å². The lowest BCUT2D eigenvalue weighted by Gasteiger charge is -2.02. The number of rotatable bonds is 4. The number of carbonyl (C=O) groups is 1. The van der Waals surface area contributed by atoms with Crippen molar-refractivity contribution in [2.45, 2.75) is 6.61 Å². The Bertz CT molecular complexity index is 883. The predicted octanol–water partition coefficient (Wildman–Crippen LogP) is 4.65. The Morgan fingerprint density at radius 3 is 2.71 bits per heavy atom. The molecule has 0 fully saturated rings. The second-order valence-electron chi connectivity index (χ2n) is 4.72. The summed E-state index contributed by atoms with van der Waals surface area (Å²) in [4.78, 5) is 16.0. The third-order valence-corrected chi connectivity index (χ3v) is 3.87. The fourth-order valence-electron chi connectivity index (χ4n) is 1.86. The molecule has 1 aromatic heterocycles. The van der Waals surface area contributed by atoms with Gasteiger partial charge in [0.25, 0.3) is 5.89 Å². The summed E-state index contributed by atoms with van der Waals surface area (Å²) in [5, 5.41) is 3.68. The van der Waals surface area contributed by atoms with Crippen molar-refractivity contribution in [1.29, 1.82) is 0 Å². The van der Waals surface area contributed by atoms with E-state index in [4.69, 9.17) is 20.9 Å². The van der Waals surface area contributed by atoms with Gasteiger partial charge >= 0.3 is 5.97 Å². The molecule has 0 N–H and O–H groups in total. The molecule has 8 heteroatoms. The van der Waals surface area contributed by atoms with Gasteiger partial charge in [-0.15, -0.1) is 0 Å². The minimum atomic E-state index is -0.666. The zero-order valence-electron chi connectivity index (χ0n) is 12.0. The van der Waals surface area contributed by atoms with Gasteiger partial charge in [-0.05, 0) is 42.5 Å². The maximum Gasteiger partial charge on any atom is 0.338 e. The van der Waals surface area contributed by atoms with Crippen LogP contribution in [0.25, 0.3) is 11.4 Å². The van der Waals surface area contributed by atoms with Crippen molar-refractivity contribution >= 4 is 33.5 Å². The Balaban J connectivity index is 1.65. The number of halogens is 3. The topological polar surface area (TPSA) is 65.2 Å². The van der Waals surface area contributed by atoms with E-state index in [9.17, 15) is 9.18 Å². The fourth-order valence-corrected chi connectivity index (χ4v) is 2.31. The maximum atomic E-state index is 13.1. The van der Waals surface area contributed by atoms with Gasteiger partial charge in [0.2, 0.25) is 5.82 Å².